The number of thiophene rings is 1. The van der Waals surface area contributed by atoms with Crippen molar-refractivity contribution in [2.45, 2.75) is 93.8 Å². The topological polar surface area (TPSA) is 67.1 Å². The first-order valence-electron chi connectivity index (χ1n) is 10.2. The fourth-order valence-electron chi connectivity index (χ4n) is 4.44. The molecule has 1 amide bonds. The predicted molar refractivity (Wildman–Crippen MR) is 104 cm³/mol. The minimum Gasteiger partial charge on any atom is -0.349 e. The molecule has 4 rings (SSSR count). The highest BCUT2D eigenvalue weighted by molar-refractivity contribution is 7.12. The van der Waals surface area contributed by atoms with Crippen LogP contribution in [0.25, 0.3) is 0 Å². The van der Waals surface area contributed by atoms with E-state index in [2.05, 4.69) is 16.0 Å². The smallest absolute Gasteiger partial charge is 0.261 e. The van der Waals surface area contributed by atoms with Crippen molar-refractivity contribution in [3.05, 3.63) is 21.9 Å². The molecule has 0 saturated heterocycles. The second-order valence-electron chi connectivity index (χ2n) is 8.58. The van der Waals surface area contributed by atoms with E-state index >= 15 is 0 Å². The van der Waals surface area contributed by atoms with E-state index in [0.717, 1.165) is 32.1 Å². The Balaban J connectivity index is 1.25. The van der Waals surface area contributed by atoms with Crippen molar-refractivity contribution < 1.29 is 13.6 Å². The van der Waals surface area contributed by atoms with Crippen molar-refractivity contribution in [3.8, 4) is 0 Å². The molecule has 4 nitrogen and oxygen atoms in total. The monoisotopic (exact) mass is 397 g/mol. The molecule has 0 radical (unpaired) electrons. The van der Waals surface area contributed by atoms with Gasteiger partial charge in [0.1, 0.15) is 0 Å². The van der Waals surface area contributed by atoms with Crippen LogP contribution in [0.4, 0.5) is 8.78 Å². The third-order valence-corrected chi connectivity index (χ3v) is 7.28. The van der Waals surface area contributed by atoms with Crippen LogP contribution in [0.1, 0.15) is 78.9 Å². The van der Waals surface area contributed by atoms with E-state index in [4.69, 9.17) is 5.73 Å². The van der Waals surface area contributed by atoms with Gasteiger partial charge in [-0.2, -0.15) is 0 Å². The number of nitrogens with one attached hydrogen (secondary N) is 2. The first-order valence-corrected chi connectivity index (χ1v) is 11.1. The van der Waals surface area contributed by atoms with Crippen molar-refractivity contribution in [1.29, 1.82) is 0 Å². The summed E-state index contributed by atoms with van der Waals surface area (Å²) in [6.45, 7) is 0. The molecule has 150 valence electrons. The first kappa shape index (κ1) is 19.3. The van der Waals surface area contributed by atoms with E-state index < -0.39 is 5.92 Å². The average molecular weight is 398 g/mol. The lowest BCUT2D eigenvalue weighted by molar-refractivity contribution is -0.0399. The fraction of sp³-hybridized carbons (Fsp3) is 0.750. The van der Waals surface area contributed by atoms with Crippen LogP contribution in [0.5, 0.6) is 0 Å². The molecule has 1 aromatic heterocycles. The summed E-state index contributed by atoms with van der Waals surface area (Å²) in [7, 11) is 0. The van der Waals surface area contributed by atoms with Crippen molar-refractivity contribution in [2.75, 3.05) is 0 Å². The lowest BCUT2D eigenvalue weighted by Gasteiger charge is -2.28. The molecule has 1 aromatic rings. The van der Waals surface area contributed by atoms with Crippen molar-refractivity contribution in [1.82, 2.24) is 10.6 Å². The van der Waals surface area contributed by atoms with Gasteiger partial charge in [-0.05, 0) is 62.0 Å². The SMILES string of the molecule is NC1CCC(NC2CC2c2csc(C(=O)NC3CCC(F)(F)CC3)c2)CC1. The molecule has 0 aliphatic heterocycles. The number of rotatable bonds is 5. The minimum absolute atomic E-state index is 0.118. The minimum atomic E-state index is -2.56. The molecule has 3 aliphatic rings. The Morgan fingerprint density at radius 2 is 1.81 bits per heavy atom. The number of alkyl halides is 2. The van der Waals surface area contributed by atoms with Gasteiger partial charge in [0.15, 0.2) is 0 Å². The Morgan fingerprint density at radius 3 is 2.52 bits per heavy atom. The maximum Gasteiger partial charge on any atom is 0.261 e. The van der Waals surface area contributed by atoms with Crippen LogP contribution in [0.2, 0.25) is 0 Å². The number of carbonyl (C=O) groups is 1. The molecule has 0 bridgehead atoms. The van der Waals surface area contributed by atoms with Crippen molar-refractivity contribution >= 4 is 17.2 Å². The van der Waals surface area contributed by atoms with E-state index in [-0.39, 0.29) is 24.8 Å². The molecule has 3 saturated carbocycles. The van der Waals surface area contributed by atoms with Gasteiger partial charge < -0.3 is 16.4 Å². The summed E-state index contributed by atoms with van der Waals surface area (Å²) in [5.74, 6) is -2.19. The van der Waals surface area contributed by atoms with Crippen LogP contribution >= 0.6 is 11.3 Å². The fourth-order valence-corrected chi connectivity index (χ4v) is 5.32. The van der Waals surface area contributed by atoms with Gasteiger partial charge in [0.25, 0.3) is 5.91 Å². The number of halogens is 2. The molecule has 7 heteroatoms. The summed E-state index contributed by atoms with van der Waals surface area (Å²) in [6.07, 6.45) is 6.09. The molecule has 4 N–H and O–H groups in total. The molecule has 1 heterocycles. The molecular formula is C20H29F2N3OS. The van der Waals surface area contributed by atoms with Gasteiger partial charge in [-0.15, -0.1) is 11.3 Å². The predicted octanol–water partition coefficient (Wildman–Crippen LogP) is 3.77. The van der Waals surface area contributed by atoms with Gasteiger partial charge in [0.2, 0.25) is 5.92 Å². The molecule has 3 fully saturated rings. The maximum atomic E-state index is 13.2. The second kappa shape index (κ2) is 7.76. The van der Waals surface area contributed by atoms with Crippen LogP contribution in [-0.4, -0.2) is 36.0 Å². The second-order valence-corrected chi connectivity index (χ2v) is 9.49. The molecule has 2 unspecified atom stereocenters. The van der Waals surface area contributed by atoms with Gasteiger partial charge in [0, 0.05) is 42.9 Å². The summed E-state index contributed by atoms with van der Waals surface area (Å²) in [6, 6.07) is 3.31. The van der Waals surface area contributed by atoms with E-state index in [1.54, 1.807) is 0 Å². The standard InChI is InChI=1S/C20H29F2N3OS/c21-20(22)7-5-15(6-8-20)25-19(26)18-9-12(11-27-18)16-10-17(16)24-14-3-1-13(23)2-4-14/h9,11,13-17,24H,1-8,10,23H2,(H,25,26). The van der Waals surface area contributed by atoms with Gasteiger partial charge in [0.05, 0.1) is 4.88 Å². The van der Waals surface area contributed by atoms with Crippen LogP contribution in [0.3, 0.4) is 0 Å². The zero-order chi connectivity index (χ0) is 19.0. The number of nitrogens with two attached hydrogens (primary N) is 1. The third-order valence-electron chi connectivity index (χ3n) is 6.34. The van der Waals surface area contributed by atoms with Crippen LogP contribution < -0.4 is 16.4 Å². The van der Waals surface area contributed by atoms with E-state index in [1.165, 1.54) is 16.9 Å². The molecule has 2 atom stereocenters. The van der Waals surface area contributed by atoms with Gasteiger partial charge >= 0.3 is 0 Å². The first-order chi connectivity index (χ1) is 12.9. The van der Waals surface area contributed by atoms with E-state index in [1.807, 2.05) is 6.07 Å². The number of amides is 1. The lowest BCUT2D eigenvalue weighted by atomic mass is 9.92. The van der Waals surface area contributed by atoms with Crippen LogP contribution in [-0.2, 0) is 0 Å². The lowest BCUT2D eigenvalue weighted by Crippen LogP contribution is -2.40. The summed E-state index contributed by atoms with van der Waals surface area (Å²) in [5.41, 5.74) is 7.20. The molecule has 3 aliphatic carbocycles. The quantitative estimate of drug-likeness (QED) is 0.708. The number of carbonyl (C=O) groups excluding carboxylic acids is 1. The van der Waals surface area contributed by atoms with Crippen molar-refractivity contribution in [3.63, 3.8) is 0 Å². The maximum absolute atomic E-state index is 13.2. The van der Waals surface area contributed by atoms with E-state index in [0.29, 0.717) is 41.8 Å². The molecule has 27 heavy (non-hydrogen) atoms. The Hall–Kier alpha value is -1.05. The highest BCUT2D eigenvalue weighted by atomic mass is 32.1. The molecule has 0 spiro atoms. The normalized spacial score (nSPS) is 33.6. The number of hydrogen-bond donors (Lipinski definition) is 3. The molecular weight excluding hydrogens is 368 g/mol. The molecule has 0 aromatic carbocycles. The van der Waals surface area contributed by atoms with Gasteiger partial charge in [-0.25, -0.2) is 8.78 Å². The summed E-state index contributed by atoms with van der Waals surface area (Å²) >= 11 is 1.46. The van der Waals surface area contributed by atoms with Crippen LogP contribution in [0.15, 0.2) is 11.4 Å². The highest BCUT2D eigenvalue weighted by Gasteiger charge is 2.41. The van der Waals surface area contributed by atoms with E-state index in [9.17, 15) is 13.6 Å². The Bertz CT molecular complexity index is 662. The average Bonchev–Trinajstić information content (AvgIpc) is 3.21. The Kier molecular flexibility index (Phi) is 5.54. The van der Waals surface area contributed by atoms with Gasteiger partial charge in [-0.1, -0.05) is 0 Å². The zero-order valence-electron chi connectivity index (χ0n) is 15.6. The zero-order valence-corrected chi connectivity index (χ0v) is 16.4. The largest absolute Gasteiger partial charge is 0.349 e. The Labute approximate surface area is 163 Å². The van der Waals surface area contributed by atoms with Gasteiger partial charge in [-0.3, -0.25) is 4.79 Å². The summed E-state index contributed by atoms with van der Waals surface area (Å²) < 4.78 is 26.5. The summed E-state index contributed by atoms with van der Waals surface area (Å²) in [4.78, 5) is 13.1. The van der Waals surface area contributed by atoms with Crippen LogP contribution in [0, 0.1) is 0 Å². The number of hydrogen-bond acceptors (Lipinski definition) is 4. The van der Waals surface area contributed by atoms with Crippen molar-refractivity contribution in [2.24, 2.45) is 5.73 Å². The third kappa shape index (κ3) is 4.87. The summed E-state index contributed by atoms with van der Waals surface area (Å²) in [5, 5.41) is 8.77. The highest BCUT2D eigenvalue weighted by Crippen LogP contribution is 2.43. The Morgan fingerprint density at radius 1 is 1.11 bits per heavy atom.